The van der Waals surface area contributed by atoms with E-state index in [1.54, 1.807) is 0 Å². The first-order valence-corrected chi connectivity index (χ1v) is 8.95. The number of hydrogen-bond donors (Lipinski definition) is 0. The van der Waals surface area contributed by atoms with Gasteiger partial charge in [0, 0.05) is 15.2 Å². The molecule has 96 valence electrons. The minimum absolute atomic E-state index is 0.0145. The van der Waals surface area contributed by atoms with Gasteiger partial charge in [-0.1, -0.05) is 15.9 Å². The second-order valence-corrected chi connectivity index (χ2v) is 8.04. The molecule has 1 aromatic rings. The lowest BCUT2D eigenvalue weighted by Crippen LogP contribution is -2.02. The first-order chi connectivity index (χ1) is 7.88. The molecule has 0 saturated carbocycles. The summed E-state index contributed by atoms with van der Waals surface area (Å²) in [5.41, 5.74) is 0. The Morgan fingerprint density at radius 1 is 1.24 bits per heavy atom. The number of hydrogen-bond acceptors (Lipinski definition) is 3. The summed E-state index contributed by atoms with van der Waals surface area (Å²) in [6.45, 7) is 0.465. The summed E-state index contributed by atoms with van der Waals surface area (Å²) in [6, 6.07) is 5.61. The highest BCUT2D eigenvalue weighted by molar-refractivity contribution is 9.11. The molecule has 0 bridgehead atoms. The van der Waals surface area contributed by atoms with E-state index in [4.69, 9.17) is 15.4 Å². The van der Waals surface area contributed by atoms with Crippen LogP contribution < -0.4 is 4.74 Å². The molecule has 3 nitrogen and oxygen atoms in total. The van der Waals surface area contributed by atoms with Crippen molar-refractivity contribution in [2.45, 2.75) is 12.8 Å². The van der Waals surface area contributed by atoms with E-state index in [-0.39, 0.29) is 5.75 Å². The van der Waals surface area contributed by atoms with Crippen molar-refractivity contribution in [1.29, 1.82) is 0 Å². The van der Waals surface area contributed by atoms with E-state index in [2.05, 4.69) is 31.9 Å². The van der Waals surface area contributed by atoms with Crippen LogP contribution in [0.15, 0.2) is 27.1 Å². The summed E-state index contributed by atoms with van der Waals surface area (Å²) < 4.78 is 28.7. The van der Waals surface area contributed by atoms with Gasteiger partial charge >= 0.3 is 0 Å². The van der Waals surface area contributed by atoms with E-state index >= 15 is 0 Å². The van der Waals surface area contributed by atoms with Crippen LogP contribution >= 0.6 is 42.5 Å². The Kier molecular flexibility index (Phi) is 6.26. The predicted molar refractivity (Wildman–Crippen MR) is 76.2 cm³/mol. The molecule has 1 rings (SSSR count). The van der Waals surface area contributed by atoms with E-state index in [1.807, 2.05) is 18.2 Å². The second kappa shape index (κ2) is 6.97. The minimum Gasteiger partial charge on any atom is -0.492 e. The Hall–Kier alpha value is 0.220. The van der Waals surface area contributed by atoms with Crippen LogP contribution in [-0.2, 0) is 9.05 Å². The van der Waals surface area contributed by atoms with Gasteiger partial charge in [0.05, 0.1) is 16.8 Å². The largest absolute Gasteiger partial charge is 0.492 e. The highest BCUT2D eigenvalue weighted by Crippen LogP contribution is 2.28. The Bertz CT molecular complexity index is 476. The minimum atomic E-state index is -3.38. The molecule has 1 aromatic carbocycles. The quantitative estimate of drug-likeness (QED) is 0.531. The highest BCUT2D eigenvalue weighted by Gasteiger charge is 2.05. The molecule has 0 aliphatic carbocycles. The maximum Gasteiger partial charge on any atom is 0.232 e. The van der Waals surface area contributed by atoms with E-state index in [9.17, 15) is 8.42 Å². The van der Waals surface area contributed by atoms with Gasteiger partial charge in [0.25, 0.3) is 0 Å². The number of rotatable bonds is 6. The molecule has 0 atom stereocenters. The van der Waals surface area contributed by atoms with Crippen LogP contribution in [0.25, 0.3) is 0 Å². The molecule has 0 spiro atoms. The Balaban J connectivity index is 2.32. The zero-order chi connectivity index (χ0) is 12.9. The third-order valence-corrected chi connectivity index (χ3v) is 4.29. The fourth-order valence-electron chi connectivity index (χ4n) is 1.15. The molecule has 0 unspecified atom stereocenters. The normalized spacial score (nSPS) is 11.5. The van der Waals surface area contributed by atoms with Gasteiger partial charge in [-0.3, -0.25) is 0 Å². The molecular formula is C10H11Br2ClO3S. The molecule has 0 aromatic heterocycles. The van der Waals surface area contributed by atoms with Crippen LogP contribution in [0, 0.1) is 0 Å². The van der Waals surface area contributed by atoms with Crippen molar-refractivity contribution < 1.29 is 13.2 Å². The van der Waals surface area contributed by atoms with Crippen molar-refractivity contribution in [2.24, 2.45) is 0 Å². The van der Waals surface area contributed by atoms with Gasteiger partial charge < -0.3 is 4.74 Å². The van der Waals surface area contributed by atoms with Gasteiger partial charge in [0.1, 0.15) is 5.75 Å². The van der Waals surface area contributed by atoms with Crippen LogP contribution in [0.5, 0.6) is 5.75 Å². The average Bonchev–Trinajstić information content (AvgIpc) is 2.18. The summed E-state index contributed by atoms with van der Waals surface area (Å²) >= 11 is 6.72. The lowest BCUT2D eigenvalue weighted by Gasteiger charge is -2.07. The Morgan fingerprint density at radius 3 is 2.53 bits per heavy atom. The van der Waals surface area contributed by atoms with Gasteiger partial charge in [0.15, 0.2) is 0 Å². The first kappa shape index (κ1) is 15.3. The lowest BCUT2D eigenvalue weighted by molar-refractivity contribution is 0.307. The fourth-order valence-corrected chi connectivity index (χ4v) is 3.19. The van der Waals surface area contributed by atoms with E-state index in [0.29, 0.717) is 19.4 Å². The van der Waals surface area contributed by atoms with Crippen LogP contribution in [-0.4, -0.2) is 20.8 Å². The standard InChI is InChI=1S/C10H11Br2ClO3S/c11-8-3-4-10(9(12)7-8)16-5-1-2-6-17(13,14)15/h3-4,7H,1-2,5-6H2. The van der Waals surface area contributed by atoms with Crippen molar-refractivity contribution >= 4 is 51.6 Å². The van der Waals surface area contributed by atoms with Crippen LogP contribution in [0.1, 0.15) is 12.8 Å². The highest BCUT2D eigenvalue weighted by atomic mass is 79.9. The molecule has 0 fully saturated rings. The molecule has 0 aliphatic heterocycles. The summed E-state index contributed by atoms with van der Waals surface area (Å²) in [5.74, 6) is 0.723. The molecular weight excluding hydrogens is 395 g/mol. The molecule has 0 amide bonds. The molecule has 7 heteroatoms. The van der Waals surface area contributed by atoms with E-state index in [1.165, 1.54) is 0 Å². The molecule has 17 heavy (non-hydrogen) atoms. The van der Waals surface area contributed by atoms with Crippen LogP contribution in [0.4, 0.5) is 0 Å². The van der Waals surface area contributed by atoms with Crippen molar-refractivity contribution in [3.63, 3.8) is 0 Å². The van der Waals surface area contributed by atoms with Crippen molar-refractivity contribution in [3.05, 3.63) is 27.1 Å². The van der Waals surface area contributed by atoms with Crippen molar-refractivity contribution in [2.75, 3.05) is 12.4 Å². The summed E-state index contributed by atoms with van der Waals surface area (Å²) in [6.07, 6.45) is 1.15. The Morgan fingerprint density at radius 2 is 1.94 bits per heavy atom. The topological polar surface area (TPSA) is 43.4 Å². The van der Waals surface area contributed by atoms with Crippen molar-refractivity contribution in [1.82, 2.24) is 0 Å². The van der Waals surface area contributed by atoms with Gasteiger partial charge in [0.2, 0.25) is 9.05 Å². The number of halogens is 3. The van der Waals surface area contributed by atoms with Crippen LogP contribution in [0.3, 0.4) is 0 Å². The number of unbranched alkanes of at least 4 members (excludes halogenated alkanes) is 1. The van der Waals surface area contributed by atoms with Gasteiger partial charge in [-0.05, 0) is 47.0 Å². The summed E-state index contributed by atoms with van der Waals surface area (Å²) in [5, 5.41) is 0. The van der Waals surface area contributed by atoms with E-state index in [0.717, 1.165) is 14.7 Å². The predicted octanol–water partition coefficient (Wildman–Crippen LogP) is 3.94. The second-order valence-electron chi connectivity index (χ2n) is 3.37. The fraction of sp³-hybridized carbons (Fsp3) is 0.400. The zero-order valence-electron chi connectivity index (χ0n) is 8.83. The first-order valence-electron chi connectivity index (χ1n) is 4.89. The molecule has 0 saturated heterocycles. The van der Waals surface area contributed by atoms with Crippen molar-refractivity contribution in [3.8, 4) is 5.75 Å². The average molecular weight is 407 g/mol. The van der Waals surface area contributed by atoms with Crippen LogP contribution in [0.2, 0.25) is 0 Å². The molecule has 0 heterocycles. The maximum absolute atomic E-state index is 10.7. The van der Waals surface area contributed by atoms with Gasteiger partial charge in [-0.15, -0.1) is 0 Å². The molecule has 0 radical (unpaired) electrons. The van der Waals surface area contributed by atoms with Gasteiger partial charge in [-0.2, -0.15) is 0 Å². The third-order valence-electron chi connectivity index (χ3n) is 1.93. The Labute approximate surface area is 122 Å². The van der Waals surface area contributed by atoms with E-state index < -0.39 is 9.05 Å². The lowest BCUT2D eigenvalue weighted by atomic mass is 10.3. The smallest absolute Gasteiger partial charge is 0.232 e. The number of ether oxygens (including phenoxy) is 1. The zero-order valence-corrected chi connectivity index (χ0v) is 13.6. The molecule has 0 N–H and O–H groups in total. The monoisotopic (exact) mass is 404 g/mol. The third kappa shape index (κ3) is 6.64. The summed E-state index contributed by atoms with van der Waals surface area (Å²) in [4.78, 5) is 0. The van der Waals surface area contributed by atoms with Gasteiger partial charge in [-0.25, -0.2) is 8.42 Å². The number of benzene rings is 1. The molecule has 0 aliphatic rings. The summed E-state index contributed by atoms with van der Waals surface area (Å²) in [7, 11) is 1.71. The maximum atomic E-state index is 10.7. The SMILES string of the molecule is O=S(=O)(Cl)CCCCOc1ccc(Br)cc1Br.